The first-order valence-electron chi connectivity index (χ1n) is 13.4. The molecule has 0 saturated carbocycles. The second kappa shape index (κ2) is 9.11. The van der Waals surface area contributed by atoms with E-state index in [0.717, 1.165) is 60.9 Å². The summed E-state index contributed by atoms with van der Waals surface area (Å²) in [6.07, 6.45) is 0. The highest BCUT2D eigenvalue weighted by atomic mass is 16.3. The van der Waals surface area contributed by atoms with Gasteiger partial charge >= 0.3 is 0 Å². The molecule has 0 atom stereocenters. The van der Waals surface area contributed by atoms with Crippen LogP contribution in [0.25, 0.3) is 77.9 Å². The van der Waals surface area contributed by atoms with Gasteiger partial charge in [-0.1, -0.05) is 91.0 Å². The number of benzene rings is 6. The lowest BCUT2D eigenvalue weighted by atomic mass is 9.94. The number of rotatable bonds is 4. The quantitative estimate of drug-likeness (QED) is 0.235. The summed E-state index contributed by atoms with van der Waals surface area (Å²) in [7, 11) is 0. The molecule has 8 aromatic rings. The molecular weight excluding hydrogens is 490 g/mol. The van der Waals surface area contributed by atoms with Crippen molar-refractivity contribution in [2.24, 2.45) is 0 Å². The van der Waals surface area contributed by atoms with Crippen molar-refractivity contribution in [2.45, 2.75) is 0 Å². The van der Waals surface area contributed by atoms with Gasteiger partial charge in [0.1, 0.15) is 16.7 Å². The van der Waals surface area contributed by atoms with Gasteiger partial charge in [0, 0.05) is 21.9 Å². The number of hydrogen-bond acceptors (Lipinski definition) is 3. The third-order valence-electron chi connectivity index (χ3n) is 7.50. The topological polar surface area (TPSA) is 39.2 Å². The van der Waals surface area contributed by atoms with Crippen LogP contribution in [0.1, 0.15) is 0 Å². The Hall–Kier alpha value is -5.41. The zero-order valence-electron chi connectivity index (χ0n) is 21.5. The number of fused-ring (bicyclic) bond motifs is 4. The van der Waals surface area contributed by atoms with E-state index in [1.165, 1.54) is 11.1 Å². The summed E-state index contributed by atoms with van der Waals surface area (Å²) >= 11 is 0. The molecule has 0 saturated heterocycles. The minimum Gasteiger partial charge on any atom is -0.455 e. The van der Waals surface area contributed by atoms with Crippen molar-refractivity contribution in [3.8, 4) is 44.8 Å². The van der Waals surface area contributed by atoms with E-state index in [2.05, 4.69) is 97.1 Å². The first-order chi connectivity index (χ1) is 19.8. The molecule has 0 fully saturated rings. The molecule has 0 aliphatic rings. The lowest BCUT2D eigenvalue weighted by Crippen LogP contribution is -1.85. The van der Waals surface area contributed by atoms with Crippen molar-refractivity contribution in [1.82, 2.24) is 4.98 Å². The fraction of sp³-hybridized carbons (Fsp3) is 0. The Kier molecular flexibility index (Phi) is 5.14. The van der Waals surface area contributed by atoms with Crippen molar-refractivity contribution in [3.05, 3.63) is 140 Å². The minimum absolute atomic E-state index is 0.607. The molecule has 0 radical (unpaired) electrons. The average molecular weight is 514 g/mol. The van der Waals surface area contributed by atoms with Gasteiger partial charge < -0.3 is 8.83 Å². The maximum atomic E-state index is 6.57. The van der Waals surface area contributed by atoms with Crippen LogP contribution in [0.2, 0.25) is 0 Å². The van der Waals surface area contributed by atoms with E-state index in [-0.39, 0.29) is 0 Å². The van der Waals surface area contributed by atoms with Crippen LogP contribution in [0, 0.1) is 0 Å². The summed E-state index contributed by atoms with van der Waals surface area (Å²) in [5.74, 6) is 0.607. The average Bonchev–Trinajstić information content (AvgIpc) is 3.63. The van der Waals surface area contributed by atoms with Gasteiger partial charge in [-0.2, -0.15) is 0 Å². The SMILES string of the molecule is c1ccc(-c2ccc3oc4c(-c5cccc(-c6nc7ccccc7o6)c5)cc(-c5ccccc5)cc4c3c2)cc1. The Morgan fingerprint density at radius 2 is 1.07 bits per heavy atom. The van der Waals surface area contributed by atoms with E-state index < -0.39 is 0 Å². The largest absolute Gasteiger partial charge is 0.455 e. The Morgan fingerprint density at radius 3 is 1.88 bits per heavy atom. The molecule has 0 unspecified atom stereocenters. The lowest BCUT2D eigenvalue weighted by Gasteiger charge is -2.09. The summed E-state index contributed by atoms with van der Waals surface area (Å²) in [6.45, 7) is 0. The lowest BCUT2D eigenvalue weighted by molar-refractivity contribution is 0.620. The molecule has 3 heteroatoms. The van der Waals surface area contributed by atoms with Gasteiger partial charge in [0.25, 0.3) is 0 Å². The van der Waals surface area contributed by atoms with Crippen molar-refractivity contribution in [1.29, 1.82) is 0 Å². The molecular formula is C37H23NO2. The predicted octanol–water partition coefficient (Wildman–Crippen LogP) is 10.4. The molecule has 0 aliphatic carbocycles. The first-order valence-corrected chi connectivity index (χ1v) is 13.4. The summed E-state index contributed by atoms with van der Waals surface area (Å²) in [5, 5.41) is 2.20. The number of nitrogens with zero attached hydrogens (tertiary/aromatic N) is 1. The van der Waals surface area contributed by atoms with Crippen molar-refractivity contribution < 1.29 is 8.83 Å². The minimum atomic E-state index is 0.607. The van der Waals surface area contributed by atoms with Crippen LogP contribution in [0.5, 0.6) is 0 Å². The van der Waals surface area contributed by atoms with E-state index in [1.807, 2.05) is 42.5 Å². The van der Waals surface area contributed by atoms with E-state index in [0.29, 0.717) is 5.89 Å². The molecule has 2 heterocycles. The second-order valence-corrected chi connectivity index (χ2v) is 10.0. The highest BCUT2D eigenvalue weighted by molar-refractivity contribution is 6.12. The standard InChI is InChI=1S/C37H23NO2/c1-3-10-24(11-4-1)26-18-19-34-31(21-26)32-23-29(25-12-5-2-6-13-25)22-30(36(32)39-34)27-14-9-15-28(20-27)37-38-33-16-7-8-17-35(33)40-37/h1-23H. The number of furan rings is 1. The summed E-state index contributed by atoms with van der Waals surface area (Å²) in [5.41, 5.74) is 11.0. The predicted molar refractivity (Wildman–Crippen MR) is 163 cm³/mol. The number of oxazole rings is 1. The summed E-state index contributed by atoms with van der Waals surface area (Å²) in [4.78, 5) is 4.73. The third kappa shape index (κ3) is 3.79. The molecule has 40 heavy (non-hydrogen) atoms. The zero-order valence-corrected chi connectivity index (χ0v) is 21.5. The fourth-order valence-corrected chi connectivity index (χ4v) is 5.52. The van der Waals surface area contributed by atoms with Crippen LogP contribution in [-0.2, 0) is 0 Å². The first kappa shape index (κ1) is 22.6. The van der Waals surface area contributed by atoms with Crippen molar-refractivity contribution in [3.63, 3.8) is 0 Å². The zero-order chi connectivity index (χ0) is 26.5. The highest BCUT2D eigenvalue weighted by Crippen LogP contribution is 2.41. The highest BCUT2D eigenvalue weighted by Gasteiger charge is 2.17. The van der Waals surface area contributed by atoms with E-state index in [1.54, 1.807) is 0 Å². The van der Waals surface area contributed by atoms with E-state index >= 15 is 0 Å². The van der Waals surface area contributed by atoms with Gasteiger partial charge in [-0.3, -0.25) is 0 Å². The van der Waals surface area contributed by atoms with Gasteiger partial charge in [-0.25, -0.2) is 4.98 Å². The van der Waals surface area contributed by atoms with Crippen LogP contribution in [-0.4, -0.2) is 4.98 Å². The molecule has 0 bridgehead atoms. The number of aromatic nitrogens is 1. The van der Waals surface area contributed by atoms with Crippen LogP contribution in [0.15, 0.2) is 148 Å². The van der Waals surface area contributed by atoms with Crippen LogP contribution in [0.3, 0.4) is 0 Å². The Bertz CT molecular complexity index is 2120. The monoisotopic (exact) mass is 513 g/mol. The number of para-hydroxylation sites is 2. The van der Waals surface area contributed by atoms with E-state index in [9.17, 15) is 0 Å². The second-order valence-electron chi connectivity index (χ2n) is 10.0. The molecule has 0 aliphatic heterocycles. The summed E-state index contributed by atoms with van der Waals surface area (Å²) < 4.78 is 12.7. The van der Waals surface area contributed by atoms with Crippen LogP contribution >= 0.6 is 0 Å². The van der Waals surface area contributed by atoms with Crippen molar-refractivity contribution in [2.75, 3.05) is 0 Å². The smallest absolute Gasteiger partial charge is 0.227 e. The molecule has 3 nitrogen and oxygen atoms in total. The Morgan fingerprint density at radius 1 is 0.400 bits per heavy atom. The van der Waals surface area contributed by atoms with Gasteiger partial charge in [0.2, 0.25) is 5.89 Å². The van der Waals surface area contributed by atoms with Gasteiger partial charge in [0.05, 0.1) is 0 Å². The van der Waals surface area contributed by atoms with E-state index in [4.69, 9.17) is 13.8 Å². The molecule has 6 aromatic carbocycles. The Labute approximate surface area is 231 Å². The van der Waals surface area contributed by atoms with Gasteiger partial charge in [0.15, 0.2) is 5.58 Å². The molecule has 2 aromatic heterocycles. The fourth-order valence-electron chi connectivity index (χ4n) is 5.52. The normalized spacial score (nSPS) is 11.5. The maximum absolute atomic E-state index is 6.57. The van der Waals surface area contributed by atoms with Crippen molar-refractivity contribution >= 4 is 33.0 Å². The van der Waals surface area contributed by atoms with Crippen LogP contribution in [0.4, 0.5) is 0 Å². The van der Waals surface area contributed by atoms with Gasteiger partial charge in [-0.15, -0.1) is 0 Å². The third-order valence-corrected chi connectivity index (χ3v) is 7.50. The Balaban J connectivity index is 1.36. The molecule has 8 rings (SSSR count). The molecule has 188 valence electrons. The van der Waals surface area contributed by atoms with Gasteiger partial charge in [-0.05, 0) is 76.3 Å². The van der Waals surface area contributed by atoms with Crippen LogP contribution < -0.4 is 0 Å². The molecule has 0 N–H and O–H groups in total. The molecule has 0 spiro atoms. The molecule has 0 amide bonds. The number of hydrogen-bond donors (Lipinski definition) is 0. The summed E-state index contributed by atoms with van der Waals surface area (Å²) in [6, 6.07) is 48.1. The maximum Gasteiger partial charge on any atom is 0.227 e.